The van der Waals surface area contributed by atoms with Gasteiger partial charge in [0.15, 0.2) is 0 Å². The Morgan fingerprint density at radius 3 is 2.00 bits per heavy atom. The van der Waals surface area contributed by atoms with Crippen molar-refractivity contribution in [2.24, 2.45) is 0 Å². The highest BCUT2D eigenvalue weighted by Crippen LogP contribution is 2.20. The minimum atomic E-state index is -4.19. The second-order valence-electron chi connectivity index (χ2n) is 4.46. The fourth-order valence-electron chi connectivity index (χ4n) is 1.51. The topological polar surface area (TPSA) is 78.4 Å². The molecule has 0 bridgehead atoms. The first-order valence-corrected chi connectivity index (χ1v) is 6.61. The molecule has 0 aromatic carbocycles. The van der Waals surface area contributed by atoms with Gasteiger partial charge in [0.25, 0.3) is 0 Å². The molecule has 0 radical (unpaired) electrons. The molecule has 8 heteroatoms. The number of nitrogens with one attached hydrogen (secondary N) is 2. The van der Waals surface area contributed by atoms with E-state index in [1.165, 1.54) is 0 Å². The van der Waals surface area contributed by atoms with Crippen LogP contribution in [0.3, 0.4) is 0 Å². The molecule has 0 aliphatic carbocycles. The van der Waals surface area contributed by atoms with Gasteiger partial charge in [0.2, 0.25) is 0 Å². The summed E-state index contributed by atoms with van der Waals surface area (Å²) in [6.07, 6.45) is -2.17. The Morgan fingerprint density at radius 1 is 0.900 bits per heavy atom. The highest BCUT2D eigenvalue weighted by Gasteiger charge is 2.25. The van der Waals surface area contributed by atoms with Crippen LogP contribution in [0.4, 0.5) is 18.0 Å². The Kier molecular flexibility index (Phi) is 9.57. The van der Waals surface area contributed by atoms with Crippen molar-refractivity contribution >= 4 is 12.0 Å². The summed E-state index contributed by atoms with van der Waals surface area (Å²) in [7, 11) is 0. The summed E-state index contributed by atoms with van der Waals surface area (Å²) in [5, 5.41) is 13.3. The molecular weight excluding hydrogens is 277 g/mol. The predicted molar refractivity (Wildman–Crippen MR) is 67.4 cm³/mol. The third-order valence-electron chi connectivity index (χ3n) is 2.53. The first-order valence-electron chi connectivity index (χ1n) is 6.61. The largest absolute Gasteiger partial charge is 0.481 e. The van der Waals surface area contributed by atoms with Crippen molar-refractivity contribution in [3.8, 4) is 0 Å². The van der Waals surface area contributed by atoms with Crippen LogP contribution >= 0.6 is 0 Å². The van der Waals surface area contributed by atoms with Crippen LogP contribution in [-0.2, 0) is 4.79 Å². The summed E-state index contributed by atoms with van der Waals surface area (Å²) in [5.41, 5.74) is 0. The van der Waals surface area contributed by atoms with Gasteiger partial charge in [-0.05, 0) is 19.3 Å². The number of halogens is 3. The molecule has 0 aromatic rings. The van der Waals surface area contributed by atoms with Crippen molar-refractivity contribution < 1.29 is 27.9 Å². The van der Waals surface area contributed by atoms with Gasteiger partial charge >= 0.3 is 18.2 Å². The van der Waals surface area contributed by atoms with Crippen molar-refractivity contribution in [1.82, 2.24) is 10.6 Å². The van der Waals surface area contributed by atoms with Crippen LogP contribution in [0.2, 0.25) is 0 Å². The molecule has 3 N–H and O–H groups in total. The number of unbranched alkanes of at least 4 members (excludes halogenated alkanes) is 3. The van der Waals surface area contributed by atoms with Crippen LogP contribution in [0.15, 0.2) is 0 Å². The van der Waals surface area contributed by atoms with Crippen molar-refractivity contribution in [3.63, 3.8) is 0 Å². The quantitative estimate of drug-likeness (QED) is 0.543. The summed E-state index contributed by atoms with van der Waals surface area (Å²) >= 11 is 0. The third kappa shape index (κ3) is 14.6. The number of rotatable bonds is 10. The van der Waals surface area contributed by atoms with Gasteiger partial charge in [0.1, 0.15) is 0 Å². The van der Waals surface area contributed by atoms with Crippen molar-refractivity contribution in [1.29, 1.82) is 0 Å². The fraction of sp³-hybridized carbons (Fsp3) is 0.833. The van der Waals surface area contributed by atoms with E-state index >= 15 is 0 Å². The Balaban J connectivity index is 3.31. The number of hydrogen-bond acceptors (Lipinski definition) is 2. The molecule has 0 aliphatic rings. The van der Waals surface area contributed by atoms with Crippen LogP contribution < -0.4 is 10.6 Å². The third-order valence-corrected chi connectivity index (χ3v) is 2.53. The van der Waals surface area contributed by atoms with Crippen LogP contribution in [0.5, 0.6) is 0 Å². The molecule has 5 nitrogen and oxygen atoms in total. The number of carbonyl (C=O) groups excluding carboxylic acids is 1. The molecule has 0 unspecified atom stereocenters. The lowest BCUT2D eigenvalue weighted by Crippen LogP contribution is -2.36. The number of carboxylic acid groups (broad SMARTS) is 1. The monoisotopic (exact) mass is 298 g/mol. The Hall–Kier alpha value is -1.47. The van der Waals surface area contributed by atoms with Gasteiger partial charge in [0.05, 0.1) is 0 Å². The van der Waals surface area contributed by atoms with Crippen LogP contribution in [0.25, 0.3) is 0 Å². The molecule has 0 heterocycles. The summed E-state index contributed by atoms with van der Waals surface area (Å²) in [5.74, 6) is -0.818. The second kappa shape index (κ2) is 10.3. The van der Waals surface area contributed by atoms with Crippen molar-refractivity contribution in [2.75, 3.05) is 13.1 Å². The Bertz CT molecular complexity index is 296. The zero-order chi connectivity index (χ0) is 15.4. The number of alkyl halides is 3. The van der Waals surface area contributed by atoms with E-state index in [-0.39, 0.29) is 19.4 Å². The highest BCUT2D eigenvalue weighted by molar-refractivity contribution is 5.73. The number of carboxylic acids is 1. The Labute approximate surface area is 115 Å². The highest BCUT2D eigenvalue weighted by atomic mass is 19.4. The maximum Gasteiger partial charge on any atom is 0.389 e. The van der Waals surface area contributed by atoms with E-state index in [0.717, 1.165) is 19.3 Å². The summed E-state index contributed by atoms with van der Waals surface area (Å²) in [6, 6.07) is -0.474. The average Bonchev–Trinajstić information content (AvgIpc) is 2.32. The lowest BCUT2D eigenvalue weighted by molar-refractivity contribution is -0.137. The maximum absolute atomic E-state index is 11.8. The average molecular weight is 298 g/mol. The summed E-state index contributed by atoms with van der Waals surface area (Å²) in [4.78, 5) is 21.4. The van der Waals surface area contributed by atoms with E-state index in [4.69, 9.17) is 5.11 Å². The molecule has 0 aromatic heterocycles. The first kappa shape index (κ1) is 18.5. The van der Waals surface area contributed by atoms with E-state index in [1.807, 2.05) is 0 Å². The van der Waals surface area contributed by atoms with Crippen molar-refractivity contribution in [2.45, 2.75) is 51.1 Å². The predicted octanol–water partition coefficient (Wildman–Crippen LogP) is 2.66. The lowest BCUT2D eigenvalue weighted by atomic mass is 10.1. The molecule has 0 fully saturated rings. The summed E-state index contributed by atoms with van der Waals surface area (Å²) in [6.45, 7) is 0.419. The van der Waals surface area contributed by atoms with Gasteiger partial charge in [-0.1, -0.05) is 12.8 Å². The molecule has 0 rings (SSSR count). The van der Waals surface area contributed by atoms with E-state index in [9.17, 15) is 22.8 Å². The SMILES string of the molecule is O=C(O)CCCCCCNC(=O)NCCCC(F)(F)F. The molecule has 118 valence electrons. The fourth-order valence-corrected chi connectivity index (χ4v) is 1.51. The molecular formula is C12H21F3N2O3. The second-order valence-corrected chi connectivity index (χ2v) is 4.46. The van der Waals surface area contributed by atoms with Gasteiger partial charge in [-0.25, -0.2) is 4.79 Å². The molecule has 2 amide bonds. The summed E-state index contributed by atoms with van der Waals surface area (Å²) < 4.78 is 35.4. The minimum Gasteiger partial charge on any atom is -0.481 e. The van der Waals surface area contributed by atoms with Crippen LogP contribution in [0, 0.1) is 0 Å². The van der Waals surface area contributed by atoms with Crippen molar-refractivity contribution in [3.05, 3.63) is 0 Å². The maximum atomic E-state index is 11.8. The number of amides is 2. The first-order chi connectivity index (χ1) is 9.31. The minimum absolute atomic E-state index is 0.00997. The van der Waals surface area contributed by atoms with E-state index < -0.39 is 24.6 Å². The molecule has 0 atom stereocenters. The normalized spacial score (nSPS) is 11.2. The van der Waals surface area contributed by atoms with E-state index in [1.54, 1.807) is 0 Å². The standard InChI is InChI=1S/C12H21F3N2O3/c13-12(14,15)7-5-9-17-11(20)16-8-4-2-1-3-6-10(18)19/h1-9H2,(H,18,19)(H2,16,17,20). The molecule has 0 spiro atoms. The van der Waals surface area contributed by atoms with Gasteiger partial charge in [-0.3, -0.25) is 4.79 Å². The number of urea groups is 1. The lowest BCUT2D eigenvalue weighted by Gasteiger charge is -2.08. The number of aliphatic carboxylic acids is 1. The zero-order valence-electron chi connectivity index (χ0n) is 11.3. The van der Waals surface area contributed by atoms with Crippen LogP contribution in [0.1, 0.15) is 44.9 Å². The van der Waals surface area contributed by atoms with Crippen LogP contribution in [-0.4, -0.2) is 36.4 Å². The Morgan fingerprint density at radius 2 is 1.45 bits per heavy atom. The van der Waals surface area contributed by atoms with E-state index in [0.29, 0.717) is 13.0 Å². The van der Waals surface area contributed by atoms with Gasteiger partial charge in [-0.15, -0.1) is 0 Å². The number of hydrogen-bond donors (Lipinski definition) is 3. The van der Waals surface area contributed by atoms with Gasteiger partial charge < -0.3 is 15.7 Å². The van der Waals surface area contributed by atoms with Gasteiger partial charge in [-0.2, -0.15) is 13.2 Å². The molecule has 0 aliphatic heterocycles. The smallest absolute Gasteiger partial charge is 0.389 e. The molecule has 0 saturated carbocycles. The van der Waals surface area contributed by atoms with Gasteiger partial charge in [0, 0.05) is 25.9 Å². The zero-order valence-corrected chi connectivity index (χ0v) is 11.3. The van der Waals surface area contributed by atoms with E-state index in [2.05, 4.69) is 10.6 Å². The molecule has 20 heavy (non-hydrogen) atoms. The molecule has 0 saturated heterocycles. The number of carbonyl (C=O) groups is 2.